The zero-order valence-electron chi connectivity index (χ0n) is 12.5. The van der Waals surface area contributed by atoms with Crippen molar-refractivity contribution in [1.82, 2.24) is 10.3 Å². The van der Waals surface area contributed by atoms with Gasteiger partial charge in [0.1, 0.15) is 0 Å². The van der Waals surface area contributed by atoms with Gasteiger partial charge in [0, 0.05) is 48.3 Å². The van der Waals surface area contributed by atoms with Crippen molar-refractivity contribution in [3.63, 3.8) is 0 Å². The molecule has 2 rings (SSSR count). The Bertz CT molecular complexity index is 458. The molecule has 1 aromatic rings. The first-order valence-corrected chi connectivity index (χ1v) is 7.06. The van der Waals surface area contributed by atoms with Crippen LogP contribution in [0.3, 0.4) is 0 Å². The molecule has 1 aliphatic rings. The molecule has 3 nitrogen and oxygen atoms in total. The molecule has 1 aliphatic heterocycles. The number of nitrogens with zero attached hydrogens (tertiary/aromatic N) is 2. The Hall–Kier alpha value is -1.35. The van der Waals surface area contributed by atoms with E-state index < -0.39 is 0 Å². The molecular weight excluding hydrogens is 234 g/mol. The van der Waals surface area contributed by atoms with Gasteiger partial charge in [-0.15, -0.1) is 0 Å². The zero-order valence-corrected chi connectivity index (χ0v) is 12.5. The van der Waals surface area contributed by atoms with Crippen molar-refractivity contribution < 1.29 is 0 Å². The Morgan fingerprint density at radius 1 is 1.32 bits per heavy atom. The molecule has 2 heterocycles. The smallest absolute Gasteiger partial charge is 0.0448 e. The summed E-state index contributed by atoms with van der Waals surface area (Å²) in [6, 6.07) is 2.21. The molecule has 0 saturated carbocycles. The summed E-state index contributed by atoms with van der Waals surface area (Å²) in [4.78, 5) is 6.89. The third-order valence-corrected chi connectivity index (χ3v) is 3.31. The van der Waals surface area contributed by atoms with Crippen LogP contribution in [-0.4, -0.2) is 23.6 Å². The first-order chi connectivity index (χ1) is 8.96. The molecule has 0 radical (unpaired) electrons. The van der Waals surface area contributed by atoms with Gasteiger partial charge in [-0.1, -0.05) is 12.2 Å². The second kappa shape index (κ2) is 5.74. The third kappa shape index (κ3) is 4.06. The number of nitrogens with one attached hydrogen (secondary N) is 1. The second-order valence-electron chi connectivity index (χ2n) is 6.26. The summed E-state index contributed by atoms with van der Waals surface area (Å²) in [7, 11) is 0. The largest absolute Gasteiger partial charge is 0.367 e. The van der Waals surface area contributed by atoms with Crippen LogP contribution >= 0.6 is 0 Å². The number of anilines is 1. The lowest BCUT2D eigenvalue weighted by atomic mass is 10.1. The van der Waals surface area contributed by atoms with Crippen LogP contribution in [0.5, 0.6) is 0 Å². The highest BCUT2D eigenvalue weighted by Crippen LogP contribution is 2.23. The molecule has 0 bridgehead atoms. The number of pyridine rings is 1. The lowest BCUT2D eigenvalue weighted by Crippen LogP contribution is -2.36. The van der Waals surface area contributed by atoms with Gasteiger partial charge in [0.2, 0.25) is 0 Å². The van der Waals surface area contributed by atoms with Crippen LogP contribution in [0.1, 0.15) is 38.4 Å². The molecule has 0 atom stereocenters. The average Bonchev–Trinajstić information content (AvgIpc) is 2.37. The van der Waals surface area contributed by atoms with Crippen LogP contribution in [0.25, 0.3) is 0 Å². The number of aryl methyl sites for hydroxylation is 1. The second-order valence-corrected chi connectivity index (χ2v) is 6.26. The van der Waals surface area contributed by atoms with Gasteiger partial charge in [-0.05, 0) is 40.2 Å². The molecule has 0 aliphatic carbocycles. The van der Waals surface area contributed by atoms with Crippen LogP contribution in [0, 0.1) is 6.92 Å². The maximum atomic E-state index is 4.45. The van der Waals surface area contributed by atoms with Crippen LogP contribution in [-0.2, 0) is 6.54 Å². The number of hydrogen-bond acceptors (Lipinski definition) is 3. The SMILES string of the molecule is Cc1cc(N2CC=CCC2)c(CNC(C)(C)C)cn1. The van der Waals surface area contributed by atoms with Crippen molar-refractivity contribution in [2.75, 3.05) is 18.0 Å². The van der Waals surface area contributed by atoms with E-state index in [1.165, 1.54) is 11.3 Å². The summed E-state index contributed by atoms with van der Waals surface area (Å²) >= 11 is 0. The maximum Gasteiger partial charge on any atom is 0.0448 e. The molecule has 0 unspecified atom stereocenters. The van der Waals surface area contributed by atoms with Gasteiger partial charge in [0.05, 0.1) is 0 Å². The molecule has 19 heavy (non-hydrogen) atoms. The highest BCUT2D eigenvalue weighted by molar-refractivity contribution is 5.54. The standard InChI is InChI=1S/C16H25N3/c1-13-10-15(19-8-6-5-7-9-19)14(11-17-13)12-18-16(2,3)4/h5-6,10-11,18H,7-9,12H2,1-4H3. The Labute approximate surface area is 116 Å². The van der Waals surface area contributed by atoms with Crippen LogP contribution in [0.15, 0.2) is 24.4 Å². The van der Waals surface area contributed by atoms with Gasteiger partial charge in [-0.2, -0.15) is 0 Å². The molecule has 0 amide bonds. The lowest BCUT2D eigenvalue weighted by molar-refractivity contribution is 0.424. The summed E-state index contributed by atoms with van der Waals surface area (Å²) in [5.74, 6) is 0. The van der Waals surface area contributed by atoms with Crippen molar-refractivity contribution in [3.05, 3.63) is 35.7 Å². The zero-order chi connectivity index (χ0) is 13.9. The molecule has 3 heteroatoms. The van der Waals surface area contributed by atoms with Crippen molar-refractivity contribution in [3.8, 4) is 0 Å². The van der Waals surface area contributed by atoms with E-state index in [1.54, 1.807) is 0 Å². The van der Waals surface area contributed by atoms with Gasteiger partial charge in [-0.25, -0.2) is 0 Å². The van der Waals surface area contributed by atoms with Crippen molar-refractivity contribution in [1.29, 1.82) is 0 Å². The number of rotatable bonds is 3. The monoisotopic (exact) mass is 259 g/mol. The number of aromatic nitrogens is 1. The normalized spacial score (nSPS) is 15.9. The highest BCUT2D eigenvalue weighted by atomic mass is 15.1. The fourth-order valence-corrected chi connectivity index (χ4v) is 2.22. The molecule has 1 N–H and O–H groups in total. The van der Waals surface area contributed by atoms with E-state index in [9.17, 15) is 0 Å². The Morgan fingerprint density at radius 2 is 2.11 bits per heavy atom. The molecule has 1 aromatic heterocycles. The van der Waals surface area contributed by atoms with Gasteiger partial charge < -0.3 is 10.2 Å². The molecule has 104 valence electrons. The minimum absolute atomic E-state index is 0.129. The highest BCUT2D eigenvalue weighted by Gasteiger charge is 2.15. The Morgan fingerprint density at radius 3 is 2.74 bits per heavy atom. The summed E-state index contributed by atoms with van der Waals surface area (Å²) in [6.07, 6.45) is 7.66. The van der Waals surface area contributed by atoms with E-state index in [-0.39, 0.29) is 5.54 Å². The fourth-order valence-electron chi connectivity index (χ4n) is 2.22. The summed E-state index contributed by atoms with van der Waals surface area (Å²) in [6.45, 7) is 11.6. The van der Waals surface area contributed by atoms with Crippen LogP contribution in [0.4, 0.5) is 5.69 Å². The predicted octanol–water partition coefficient (Wildman–Crippen LogP) is 3.04. The van der Waals surface area contributed by atoms with Crippen LogP contribution < -0.4 is 10.2 Å². The molecule has 0 spiro atoms. The summed E-state index contributed by atoms with van der Waals surface area (Å²) in [5, 5.41) is 3.55. The molecule has 0 aromatic carbocycles. The summed E-state index contributed by atoms with van der Waals surface area (Å²) in [5.41, 5.74) is 3.83. The van der Waals surface area contributed by atoms with Crippen molar-refractivity contribution in [2.24, 2.45) is 0 Å². The average molecular weight is 259 g/mol. The molecule has 0 saturated heterocycles. The number of hydrogen-bond donors (Lipinski definition) is 1. The summed E-state index contributed by atoms with van der Waals surface area (Å²) < 4.78 is 0. The maximum absolute atomic E-state index is 4.45. The minimum Gasteiger partial charge on any atom is -0.367 e. The van der Waals surface area contributed by atoms with Gasteiger partial charge in [0.25, 0.3) is 0 Å². The van der Waals surface area contributed by atoms with Gasteiger partial charge in [-0.3, -0.25) is 4.98 Å². The molecular formula is C16H25N3. The fraction of sp³-hybridized carbons (Fsp3) is 0.562. The first-order valence-electron chi connectivity index (χ1n) is 7.06. The van der Waals surface area contributed by atoms with Crippen molar-refractivity contribution in [2.45, 2.75) is 46.2 Å². The van der Waals surface area contributed by atoms with E-state index in [0.717, 1.165) is 31.7 Å². The quantitative estimate of drug-likeness (QED) is 0.846. The topological polar surface area (TPSA) is 28.2 Å². The van der Waals surface area contributed by atoms with E-state index in [4.69, 9.17) is 0 Å². The van der Waals surface area contributed by atoms with E-state index >= 15 is 0 Å². The van der Waals surface area contributed by atoms with Gasteiger partial charge in [0.15, 0.2) is 0 Å². The van der Waals surface area contributed by atoms with Crippen LogP contribution in [0.2, 0.25) is 0 Å². The van der Waals surface area contributed by atoms with E-state index in [2.05, 4.69) is 61.1 Å². The Balaban J connectivity index is 2.20. The van der Waals surface area contributed by atoms with Gasteiger partial charge >= 0.3 is 0 Å². The third-order valence-electron chi connectivity index (χ3n) is 3.31. The first kappa shape index (κ1) is 14.1. The van der Waals surface area contributed by atoms with E-state index in [0.29, 0.717) is 0 Å². The molecule has 0 fully saturated rings. The Kier molecular flexibility index (Phi) is 4.25. The minimum atomic E-state index is 0.129. The predicted molar refractivity (Wildman–Crippen MR) is 81.5 cm³/mol. The van der Waals surface area contributed by atoms with Crippen molar-refractivity contribution >= 4 is 5.69 Å². The van der Waals surface area contributed by atoms with E-state index in [1.807, 2.05) is 6.20 Å². The lowest BCUT2D eigenvalue weighted by Gasteiger charge is -2.29.